The summed E-state index contributed by atoms with van der Waals surface area (Å²) in [6, 6.07) is 11.6. The zero-order valence-electron chi connectivity index (χ0n) is 17.1. The van der Waals surface area contributed by atoms with Crippen LogP contribution in [0.2, 0.25) is 0 Å². The van der Waals surface area contributed by atoms with Crippen LogP contribution in [0.3, 0.4) is 0 Å². The van der Waals surface area contributed by atoms with Gasteiger partial charge in [0.25, 0.3) is 5.91 Å². The molecule has 7 nitrogen and oxygen atoms in total. The SMILES string of the molecule is CCOc1cccc(C(C)NC(=O)CN2C(=O)NC(C)(c3ccc(F)cc3)C2=O)c1. The first-order valence-electron chi connectivity index (χ1n) is 9.67. The number of hydrogen-bond donors (Lipinski definition) is 2. The van der Waals surface area contributed by atoms with Gasteiger partial charge in [-0.2, -0.15) is 0 Å². The second kappa shape index (κ2) is 8.52. The molecule has 2 N–H and O–H groups in total. The Kier molecular flexibility index (Phi) is 6.05. The first-order chi connectivity index (χ1) is 14.2. The molecule has 8 heteroatoms. The summed E-state index contributed by atoms with van der Waals surface area (Å²) in [5.41, 5.74) is -0.0865. The van der Waals surface area contributed by atoms with Gasteiger partial charge in [0, 0.05) is 0 Å². The molecule has 0 spiro atoms. The van der Waals surface area contributed by atoms with E-state index < -0.39 is 35.7 Å². The number of nitrogens with zero attached hydrogens (tertiary/aromatic N) is 1. The highest BCUT2D eigenvalue weighted by atomic mass is 19.1. The van der Waals surface area contributed by atoms with Crippen LogP contribution in [0.1, 0.15) is 37.9 Å². The summed E-state index contributed by atoms with van der Waals surface area (Å²) in [4.78, 5) is 38.6. The molecule has 4 amide bonds. The van der Waals surface area contributed by atoms with Crippen molar-refractivity contribution < 1.29 is 23.5 Å². The lowest BCUT2D eigenvalue weighted by Crippen LogP contribution is -2.43. The second-order valence-corrected chi connectivity index (χ2v) is 7.25. The van der Waals surface area contributed by atoms with Gasteiger partial charge in [-0.1, -0.05) is 24.3 Å². The van der Waals surface area contributed by atoms with Crippen molar-refractivity contribution in [1.29, 1.82) is 0 Å². The number of nitrogens with one attached hydrogen (secondary N) is 2. The minimum Gasteiger partial charge on any atom is -0.494 e. The van der Waals surface area contributed by atoms with Crippen molar-refractivity contribution in [3.63, 3.8) is 0 Å². The van der Waals surface area contributed by atoms with E-state index in [0.29, 0.717) is 17.9 Å². The lowest BCUT2D eigenvalue weighted by molar-refractivity contribution is -0.135. The smallest absolute Gasteiger partial charge is 0.325 e. The van der Waals surface area contributed by atoms with Gasteiger partial charge in [-0.25, -0.2) is 9.18 Å². The molecule has 158 valence electrons. The molecule has 1 aliphatic heterocycles. The van der Waals surface area contributed by atoms with Gasteiger partial charge >= 0.3 is 6.03 Å². The third-order valence-electron chi connectivity index (χ3n) is 5.04. The molecule has 2 atom stereocenters. The van der Waals surface area contributed by atoms with Crippen molar-refractivity contribution in [3.05, 3.63) is 65.5 Å². The lowest BCUT2D eigenvalue weighted by atomic mass is 9.92. The Morgan fingerprint density at radius 1 is 1.23 bits per heavy atom. The highest BCUT2D eigenvalue weighted by molar-refractivity contribution is 6.09. The van der Waals surface area contributed by atoms with E-state index >= 15 is 0 Å². The molecule has 30 heavy (non-hydrogen) atoms. The van der Waals surface area contributed by atoms with Gasteiger partial charge in [-0.15, -0.1) is 0 Å². The molecule has 1 saturated heterocycles. The fourth-order valence-corrected chi connectivity index (χ4v) is 3.37. The van der Waals surface area contributed by atoms with Gasteiger partial charge in [0.1, 0.15) is 23.7 Å². The van der Waals surface area contributed by atoms with Crippen LogP contribution in [0, 0.1) is 5.82 Å². The molecule has 3 rings (SSSR count). The van der Waals surface area contributed by atoms with Crippen molar-refractivity contribution in [2.45, 2.75) is 32.4 Å². The molecule has 0 aromatic heterocycles. The summed E-state index contributed by atoms with van der Waals surface area (Å²) in [7, 11) is 0. The van der Waals surface area contributed by atoms with Crippen molar-refractivity contribution in [1.82, 2.24) is 15.5 Å². The molecule has 0 bridgehead atoms. The predicted molar refractivity (Wildman–Crippen MR) is 108 cm³/mol. The van der Waals surface area contributed by atoms with E-state index in [4.69, 9.17) is 4.74 Å². The highest BCUT2D eigenvalue weighted by Gasteiger charge is 2.49. The Labute approximate surface area is 174 Å². The number of hydrogen-bond acceptors (Lipinski definition) is 4. The summed E-state index contributed by atoms with van der Waals surface area (Å²) in [6.07, 6.45) is 0. The standard InChI is InChI=1S/C22H24FN3O4/c1-4-30-18-7-5-6-15(12-18)14(2)24-19(27)13-26-20(28)22(3,25-21(26)29)16-8-10-17(23)11-9-16/h5-12,14H,4,13H2,1-3H3,(H,24,27)(H,25,29). The molecule has 0 radical (unpaired) electrons. The zero-order chi connectivity index (χ0) is 21.9. The Morgan fingerprint density at radius 2 is 1.93 bits per heavy atom. The van der Waals surface area contributed by atoms with Gasteiger partial charge in [-0.05, 0) is 56.2 Å². The Hall–Kier alpha value is -3.42. The topological polar surface area (TPSA) is 87.7 Å². The normalized spacial score (nSPS) is 19.4. The van der Waals surface area contributed by atoms with Crippen molar-refractivity contribution in [2.24, 2.45) is 0 Å². The number of ether oxygens (including phenoxy) is 1. The van der Waals surface area contributed by atoms with E-state index in [-0.39, 0.29) is 6.04 Å². The predicted octanol–water partition coefficient (Wildman–Crippen LogP) is 2.87. The lowest BCUT2D eigenvalue weighted by Gasteiger charge is -2.22. The van der Waals surface area contributed by atoms with E-state index in [0.717, 1.165) is 10.5 Å². The van der Waals surface area contributed by atoms with Crippen LogP contribution in [0.5, 0.6) is 5.75 Å². The third kappa shape index (κ3) is 4.27. The average molecular weight is 413 g/mol. The van der Waals surface area contributed by atoms with Gasteiger partial charge < -0.3 is 15.4 Å². The monoisotopic (exact) mass is 413 g/mol. The van der Waals surface area contributed by atoms with Crippen molar-refractivity contribution >= 4 is 17.8 Å². The van der Waals surface area contributed by atoms with Crippen LogP contribution in [-0.4, -0.2) is 35.9 Å². The van der Waals surface area contributed by atoms with E-state index in [2.05, 4.69) is 10.6 Å². The van der Waals surface area contributed by atoms with Crippen molar-refractivity contribution in [3.8, 4) is 5.75 Å². The molecule has 0 aliphatic carbocycles. The summed E-state index contributed by atoms with van der Waals surface area (Å²) in [5, 5.41) is 5.39. The fraction of sp³-hybridized carbons (Fsp3) is 0.318. The molecule has 0 saturated carbocycles. The van der Waals surface area contributed by atoms with E-state index in [1.165, 1.54) is 31.2 Å². The molecule has 1 aliphatic rings. The Morgan fingerprint density at radius 3 is 2.60 bits per heavy atom. The molecule has 1 fully saturated rings. The average Bonchev–Trinajstić information content (AvgIpc) is 2.93. The Bertz CT molecular complexity index is 963. The molecular formula is C22H24FN3O4. The maximum atomic E-state index is 13.2. The van der Waals surface area contributed by atoms with Crippen LogP contribution in [0.25, 0.3) is 0 Å². The maximum Gasteiger partial charge on any atom is 0.325 e. The number of halogens is 1. The van der Waals surface area contributed by atoms with Crippen LogP contribution < -0.4 is 15.4 Å². The summed E-state index contributed by atoms with van der Waals surface area (Å²) >= 11 is 0. The second-order valence-electron chi connectivity index (χ2n) is 7.25. The number of urea groups is 1. The van der Waals surface area contributed by atoms with Gasteiger partial charge in [0.2, 0.25) is 5.91 Å². The van der Waals surface area contributed by atoms with E-state index in [9.17, 15) is 18.8 Å². The maximum absolute atomic E-state index is 13.2. The van der Waals surface area contributed by atoms with Crippen molar-refractivity contribution in [2.75, 3.05) is 13.2 Å². The van der Waals surface area contributed by atoms with Gasteiger partial charge in [0.05, 0.1) is 12.6 Å². The molecule has 2 unspecified atom stereocenters. The minimum atomic E-state index is -1.36. The number of carbonyl (C=O) groups is 3. The third-order valence-corrected chi connectivity index (χ3v) is 5.04. The number of imide groups is 1. The zero-order valence-corrected chi connectivity index (χ0v) is 17.1. The first kappa shape index (κ1) is 21.3. The number of rotatable bonds is 7. The summed E-state index contributed by atoms with van der Waals surface area (Å²) in [5.74, 6) is -0.797. The first-order valence-corrected chi connectivity index (χ1v) is 9.67. The molecule has 2 aromatic rings. The Balaban J connectivity index is 1.67. The van der Waals surface area contributed by atoms with Gasteiger partial charge in [-0.3, -0.25) is 14.5 Å². The van der Waals surface area contributed by atoms with Crippen LogP contribution in [-0.2, 0) is 15.1 Å². The number of amides is 4. The van der Waals surface area contributed by atoms with Crippen LogP contribution in [0.4, 0.5) is 9.18 Å². The molecular weight excluding hydrogens is 389 g/mol. The van der Waals surface area contributed by atoms with Gasteiger partial charge in [0.15, 0.2) is 0 Å². The fourth-order valence-electron chi connectivity index (χ4n) is 3.37. The highest BCUT2D eigenvalue weighted by Crippen LogP contribution is 2.29. The largest absolute Gasteiger partial charge is 0.494 e. The minimum absolute atomic E-state index is 0.345. The summed E-state index contributed by atoms with van der Waals surface area (Å²) < 4.78 is 18.7. The molecule has 2 aromatic carbocycles. The van der Waals surface area contributed by atoms with E-state index in [1.54, 1.807) is 6.92 Å². The van der Waals surface area contributed by atoms with Crippen LogP contribution >= 0.6 is 0 Å². The number of carbonyl (C=O) groups excluding carboxylic acids is 3. The van der Waals surface area contributed by atoms with E-state index in [1.807, 2.05) is 31.2 Å². The quantitative estimate of drug-likeness (QED) is 0.684. The van der Waals surface area contributed by atoms with Crippen LogP contribution in [0.15, 0.2) is 48.5 Å². The molecule has 1 heterocycles. The number of benzene rings is 2. The summed E-state index contributed by atoms with van der Waals surface area (Å²) in [6.45, 7) is 5.33.